The maximum atomic E-state index is 12.2. The van der Waals surface area contributed by atoms with Gasteiger partial charge in [0.15, 0.2) is 5.78 Å². The minimum Gasteiger partial charge on any atom is -0.394 e. The normalized spacial score (nSPS) is 19.4. The molecule has 1 amide bonds. The number of amides is 1. The predicted octanol–water partition coefficient (Wildman–Crippen LogP) is 2.49. The summed E-state index contributed by atoms with van der Waals surface area (Å²) in [6.07, 6.45) is 14.4. The molecule has 0 aromatic heterocycles. The van der Waals surface area contributed by atoms with E-state index in [0.717, 1.165) is 6.42 Å². The summed E-state index contributed by atoms with van der Waals surface area (Å²) in [5.74, 6) is -0.264. The molecule has 2 rings (SSSR count). The van der Waals surface area contributed by atoms with E-state index in [9.17, 15) is 14.7 Å². The zero-order chi connectivity index (χ0) is 23.2. The van der Waals surface area contributed by atoms with Gasteiger partial charge in [-0.15, -0.1) is 0 Å². The summed E-state index contributed by atoms with van der Waals surface area (Å²) in [5, 5.41) is 30.8. The second kappa shape index (κ2) is 14.5. The Bertz CT molecular complexity index is 783. The molecule has 0 saturated heterocycles. The Morgan fingerprint density at radius 2 is 1.88 bits per heavy atom. The first-order valence-electron chi connectivity index (χ1n) is 11.3. The Hall–Kier alpha value is -2.54. The number of nitrogens with one attached hydrogen (secondary N) is 1. The quantitative estimate of drug-likeness (QED) is 0.262. The fourth-order valence-corrected chi connectivity index (χ4v) is 3.63. The fraction of sp³-hybridized carbons (Fsp3) is 0.462. The molecule has 0 fully saturated rings. The van der Waals surface area contributed by atoms with E-state index in [-0.39, 0.29) is 36.7 Å². The third kappa shape index (κ3) is 9.30. The maximum Gasteiger partial charge on any atom is 0.220 e. The molecule has 1 aliphatic carbocycles. The van der Waals surface area contributed by atoms with E-state index in [4.69, 9.17) is 10.2 Å². The van der Waals surface area contributed by atoms with E-state index in [1.54, 1.807) is 12.2 Å². The third-order valence-electron chi connectivity index (χ3n) is 5.58. The number of carbonyl (C=O) groups excluding carboxylic acids is 2. The SMILES string of the molecule is O=C(CCC/C=C\C[C@H]1C(=O)C=C[C@@H]1/C=C/[C@@H](O)CCc1ccccc1)NC(CO)CO. The summed E-state index contributed by atoms with van der Waals surface area (Å²) >= 11 is 0. The van der Waals surface area contributed by atoms with Gasteiger partial charge in [0.05, 0.1) is 25.4 Å². The van der Waals surface area contributed by atoms with Crippen molar-refractivity contribution in [1.82, 2.24) is 5.32 Å². The van der Waals surface area contributed by atoms with Crippen LogP contribution in [0.2, 0.25) is 0 Å². The number of rotatable bonds is 14. The summed E-state index contributed by atoms with van der Waals surface area (Å²) in [6.45, 7) is -0.573. The highest BCUT2D eigenvalue weighted by Gasteiger charge is 2.27. The topological polar surface area (TPSA) is 107 Å². The summed E-state index contributed by atoms with van der Waals surface area (Å²) in [4.78, 5) is 23.9. The number of benzene rings is 1. The lowest BCUT2D eigenvalue weighted by atomic mass is 9.90. The monoisotopic (exact) mass is 441 g/mol. The first-order chi connectivity index (χ1) is 15.5. The van der Waals surface area contributed by atoms with Crippen molar-refractivity contribution in [2.45, 2.75) is 50.7 Å². The van der Waals surface area contributed by atoms with Gasteiger partial charge in [0.1, 0.15) is 0 Å². The minimum absolute atomic E-state index is 0.0156. The van der Waals surface area contributed by atoms with Gasteiger partial charge < -0.3 is 20.6 Å². The number of hydrogen-bond acceptors (Lipinski definition) is 5. The van der Waals surface area contributed by atoms with E-state index in [1.165, 1.54) is 5.56 Å². The van der Waals surface area contributed by atoms with Gasteiger partial charge in [0.25, 0.3) is 0 Å². The van der Waals surface area contributed by atoms with Crippen LogP contribution in [0.4, 0.5) is 0 Å². The van der Waals surface area contributed by atoms with Gasteiger partial charge in [-0.3, -0.25) is 9.59 Å². The Kier molecular flexibility index (Phi) is 11.7. The Morgan fingerprint density at radius 1 is 1.12 bits per heavy atom. The van der Waals surface area contributed by atoms with Gasteiger partial charge in [-0.05, 0) is 43.7 Å². The fourth-order valence-electron chi connectivity index (χ4n) is 3.63. The van der Waals surface area contributed by atoms with Crippen molar-refractivity contribution in [3.8, 4) is 0 Å². The van der Waals surface area contributed by atoms with E-state index >= 15 is 0 Å². The molecular formula is C26H35NO5. The highest BCUT2D eigenvalue weighted by atomic mass is 16.3. The number of aliphatic hydroxyl groups excluding tert-OH is 3. The van der Waals surface area contributed by atoms with Gasteiger partial charge in [0, 0.05) is 18.3 Å². The molecule has 174 valence electrons. The number of aliphatic hydroxyl groups is 3. The standard InChI is InChI=1S/C26H35NO5/c28-18-22(19-29)27-26(32)11-7-2-1-6-10-24-21(14-17-25(24)31)13-16-23(30)15-12-20-8-4-3-5-9-20/h1,3-6,8-9,13-14,16-17,21-24,28-30H,2,7,10-12,15,18-19H2,(H,27,32)/b6-1-,16-13+/t21-,23-,24+/m0/s1. The molecule has 0 spiro atoms. The van der Waals surface area contributed by atoms with Crippen LogP contribution in [0.3, 0.4) is 0 Å². The van der Waals surface area contributed by atoms with Crippen LogP contribution in [0.1, 0.15) is 37.7 Å². The molecule has 0 aliphatic heterocycles. The van der Waals surface area contributed by atoms with Gasteiger partial charge in [-0.25, -0.2) is 0 Å². The van der Waals surface area contributed by atoms with Crippen molar-refractivity contribution >= 4 is 11.7 Å². The largest absolute Gasteiger partial charge is 0.394 e. The number of carbonyl (C=O) groups is 2. The highest BCUT2D eigenvalue weighted by Crippen LogP contribution is 2.27. The first-order valence-corrected chi connectivity index (χ1v) is 11.3. The van der Waals surface area contributed by atoms with Gasteiger partial charge in [-0.2, -0.15) is 0 Å². The Morgan fingerprint density at radius 3 is 2.59 bits per heavy atom. The second-order valence-corrected chi connectivity index (χ2v) is 8.15. The second-order valence-electron chi connectivity index (χ2n) is 8.15. The Labute approximate surface area is 190 Å². The smallest absolute Gasteiger partial charge is 0.220 e. The number of hydrogen-bond donors (Lipinski definition) is 4. The van der Waals surface area contributed by atoms with E-state index in [2.05, 4.69) is 5.32 Å². The minimum atomic E-state index is -0.610. The van der Waals surface area contributed by atoms with Gasteiger partial charge in [-0.1, -0.05) is 60.7 Å². The molecule has 3 atom stereocenters. The number of unbranched alkanes of at least 4 members (excludes halogenated alkanes) is 1. The molecule has 0 radical (unpaired) electrons. The molecule has 0 bridgehead atoms. The summed E-state index contributed by atoms with van der Waals surface area (Å²) in [7, 11) is 0. The molecular weight excluding hydrogens is 406 g/mol. The van der Waals surface area contributed by atoms with Crippen molar-refractivity contribution in [2.24, 2.45) is 11.8 Å². The van der Waals surface area contributed by atoms with Crippen molar-refractivity contribution in [1.29, 1.82) is 0 Å². The molecule has 1 aliphatic rings. The zero-order valence-corrected chi connectivity index (χ0v) is 18.5. The van der Waals surface area contributed by atoms with Crippen molar-refractivity contribution in [2.75, 3.05) is 13.2 Å². The predicted molar refractivity (Wildman–Crippen MR) is 125 cm³/mol. The average molecular weight is 442 g/mol. The number of allylic oxidation sites excluding steroid dienone is 5. The molecule has 6 nitrogen and oxygen atoms in total. The summed E-state index contributed by atoms with van der Waals surface area (Å²) < 4.78 is 0. The molecule has 32 heavy (non-hydrogen) atoms. The van der Waals surface area contributed by atoms with Crippen molar-refractivity contribution < 1.29 is 24.9 Å². The molecule has 0 heterocycles. The number of ketones is 1. The lowest BCUT2D eigenvalue weighted by Crippen LogP contribution is -2.39. The Balaban J connectivity index is 1.69. The molecule has 6 heteroatoms. The van der Waals surface area contributed by atoms with Crippen LogP contribution in [0.5, 0.6) is 0 Å². The highest BCUT2D eigenvalue weighted by molar-refractivity contribution is 5.95. The molecule has 4 N–H and O–H groups in total. The molecule has 0 unspecified atom stereocenters. The van der Waals surface area contributed by atoms with Crippen LogP contribution in [0.25, 0.3) is 0 Å². The molecule has 1 aromatic rings. The van der Waals surface area contributed by atoms with E-state index in [0.29, 0.717) is 32.1 Å². The van der Waals surface area contributed by atoms with Gasteiger partial charge >= 0.3 is 0 Å². The van der Waals surface area contributed by atoms with Crippen molar-refractivity contribution in [3.05, 3.63) is 72.4 Å². The van der Waals surface area contributed by atoms with Crippen LogP contribution in [-0.2, 0) is 16.0 Å². The third-order valence-corrected chi connectivity index (χ3v) is 5.58. The van der Waals surface area contributed by atoms with Crippen LogP contribution in [0, 0.1) is 11.8 Å². The van der Waals surface area contributed by atoms with Crippen LogP contribution in [-0.4, -0.2) is 52.4 Å². The molecule has 1 aromatic carbocycles. The lowest BCUT2D eigenvalue weighted by Gasteiger charge is -2.14. The summed E-state index contributed by atoms with van der Waals surface area (Å²) in [5.41, 5.74) is 1.19. The van der Waals surface area contributed by atoms with Crippen molar-refractivity contribution in [3.63, 3.8) is 0 Å². The van der Waals surface area contributed by atoms with Crippen LogP contribution in [0.15, 0.2) is 66.8 Å². The average Bonchev–Trinajstić information content (AvgIpc) is 3.16. The first kappa shape index (κ1) is 25.7. The number of aryl methyl sites for hydroxylation is 1. The lowest BCUT2D eigenvalue weighted by molar-refractivity contribution is -0.122. The zero-order valence-electron chi connectivity index (χ0n) is 18.5. The van der Waals surface area contributed by atoms with Crippen LogP contribution >= 0.6 is 0 Å². The summed E-state index contributed by atoms with van der Waals surface area (Å²) in [6, 6.07) is 9.43. The van der Waals surface area contributed by atoms with E-state index < -0.39 is 12.1 Å². The molecule has 0 saturated carbocycles. The maximum absolute atomic E-state index is 12.2. The van der Waals surface area contributed by atoms with Gasteiger partial charge in [0.2, 0.25) is 5.91 Å². The van der Waals surface area contributed by atoms with Crippen LogP contribution < -0.4 is 5.32 Å². The van der Waals surface area contributed by atoms with E-state index in [1.807, 2.05) is 54.6 Å².